The first-order chi connectivity index (χ1) is 36.0. The molecule has 8 heteroatoms. The average molecular weight is 1130 g/mol. The normalized spacial score (nSPS) is 13.7. The summed E-state index contributed by atoms with van der Waals surface area (Å²) in [7, 11) is 7.03. The number of methoxy groups -OCH3 is 2. The van der Waals surface area contributed by atoms with Crippen LogP contribution in [0.15, 0.2) is 0 Å². The van der Waals surface area contributed by atoms with Crippen LogP contribution in [-0.2, 0) is 19.0 Å². The fourth-order valence-electron chi connectivity index (χ4n) is 5.45. The highest BCUT2D eigenvalue weighted by Crippen LogP contribution is 2.36. The van der Waals surface area contributed by atoms with Crippen molar-refractivity contribution in [2.75, 3.05) is 73.2 Å². The molecule has 78 heavy (non-hydrogen) atoms. The van der Waals surface area contributed by atoms with E-state index in [0.717, 1.165) is 91.3 Å². The van der Waals surface area contributed by atoms with Gasteiger partial charge in [-0.25, -0.2) is 13.1 Å². The molecule has 2 saturated carbocycles. The molecule has 0 aromatic carbocycles. The van der Waals surface area contributed by atoms with Gasteiger partial charge in [-0.3, -0.25) is 4.79 Å². The summed E-state index contributed by atoms with van der Waals surface area (Å²) in [6, 6.07) is 0. The third-order valence-electron chi connectivity index (χ3n) is 10.9. The SMILES string of the molecule is CC(C)C.CC(C)C1CC1.CC(C)CC(=O)N(C)C.CC(C)CC1CC1.CC(C)CC1CCCO1.CCC(C)C.CCC(C)C.COCC(C)C.COCCC(C)C.CSCC(C)C.[C-]#[N+]CC(C)C.[C-]#[N+]CCCC(C)C. The van der Waals surface area contributed by atoms with Gasteiger partial charge in [-0.15, -0.1) is 0 Å². The Bertz CT molecular complexity index is 1130. The number of thioether (sulfide) groups is 1. The van der Waals surface area contributed by atoms with Crippen molar-refractivity contribution in [2.24, 2.45) is 82.9 Å². The van der Waals surface area contributed by atoms with Gasteiger partial charge in [0.05, 0.1) is 6.10 Å². The first-order valence-corrected chi connectivity index (χ1v) is 33.4. The Labute approximate surface area is 501 Å². The highest BCUT2D eigenvalue weighted by molar-refractivity contribution is 7.98. The molecule has 0 aromatic rings. The topological polar surface area (TPSA) is 56.7 Å². The minimum atomic E-state index is 0.213. The lowest BCUT2D eigenvalue weighted by molar-refractivity contribution is -0.129. The number of hydrogen-bond acceptors (Lipinski definition) is 5. The Morgan fingerprint density at radius 1 is 0.577 bits per heavy atom. The summed E-state index contributed by atoms with van der Waals surface area (Å²) in [5.41, 5.74) is 0. The number of amides is 1. The average Bonchev–Trinajstić information content (AvgIpc) is 4.26. The zero-order chi connectivity index (χ0) is 63.2. The van der Waals surface area contributed by atoms with Crippen molar-refractivity contribution in [3.8, 4) is 0 Å². The first-order valence-electron chi connectivity index (χ1n) is 32.0. The molecule has 1 amide bonds. The molecule has 476 valence electrons. The number of ether oxygens (including phenoxy) is 3. The molecule has 2 aliphatic carbocycles. The van der Waals surface area contributed by atoms with Crippen LogP contribution in [0.3, 0.4) is 0 Å². The molecule has 0 bridgehead atoms. The summed E-state index contributed by atoms with van der Waals surface area (Å²) < 4.78 is 15.1. The maximum Gasteiger partial charge on any atom is 0.222 e. The van der Waals surface area contributed by atoms with Gasteiger partial charge in [0, 0.05) is 66.9 Å². The van der Waals surface area contributed by atoms with E-state index in [4.69, 9.17) is 27.4 Å². The lowest BCUT2D eigenvalue weighted by Crippen LogP contribution is -2.22. The maximum atomic E-state index is 10.9. The Hall–Kier alpha value is -1.32. The Balaban J connectivity index is -0.0000000957. The summed E-state index contributed by atoms with van der Waals surface area (Å²) in [4.78, 5) is 18.9. The fourth-order valence-corrected chi connectivity index (χ4v) is 6.12. The minimum Gasteiger partial charge on any atom is -0.385 e. The molecular weight excluding hydrogens is 979 g/mol. The van der Waals surface area contributed by atoms with Crippen molar-refractivity contribution in [3.05, 3.63) is 22.8 Å². The molecule has 1 unspecified atom stereocenters. The molecule has 7 nitrogen and oxygen atoms in total. The van der Waals surface area contributed by atoms with Crippen LogP contribution >= 0.6 is 11.8 Å². The van der Waals surface area contributed by atoms with Gasteiger partial charge in [0.1, 0.15) is 0 Å². The van der Waals surface area contributed by atoms with E-state index in [9.17, 15) is 4.79 Å². The molecular formula is C70H151N3O4S. The van der Waals surface area contributed by atoms with Crippen molar-refractivity contribution < 1.29 is 19.0 Å². The molecule has 1 aliphatic heterocycles. The molecule has 3 aliphatic rings. The van der Waals surface area contributed by atoms with Gasteiger partial charge >= 0.3 is 0 Å². The number of hydrogen-bond donors (Lipinski definition) is 0. The smallest absolute Gasteiger partial charge is 0.222 e. The summed E-state index contributed by atoms with van der Waals surface area (Å²) >= 11 is 1.91. The van der Waals surface area contributed by atoms with E-state index < -0.39 is 0 Å². The maximum absolute atomic E-state index is 10.9. The second-order valence-corrected chi connectivity index (χ2v) is 28.1. The van der Waals surface area contributed by atoms with Crippen LogP contribution in [0.4, 0.5) is 0 Å². The predicted octanol–water partition coefficient (Wildman–Crippen LogP) is 22.5. The minimum absolute atomic E-state index is 0.213. The molecule has 1 heterocycles. The van der Waals surface area contributed by atoms with Crippen molar-refractivity contribution >= 4 is 17.7 Å². The van der Waals surface area contributed by atoms with Crippen LogP contribution in [0.1, 0.15) is 277 Å². The Morgan fingerprint density at radius 2 is 1.03 bits per heavy atom. The van der Waals surface area contributed by atoms with Gasteiger partial charge in [0.25, 0.3) is 0 Å². The number of carbonyl (C=O) groups is 1. The lowest BCUT2D eigenvalue weighted by atomic mass is 10.0. The van der Waals surface area contributed by atoms with Crippen molar-refractivity contribution in [1.29, 1.82) is 0 Å². The molecule has 3 fully saturated rings. The number of rotatable bonds is 20. The second-order valence-electron chi connectivity index (χ2n) is 27.2. The standard InChI is InChI=1S/C8H16O.C7H15NO.C7H13N.C7H14.C6H14O.C6H12.C5H9N.C5H12O.C5H12S.2C5H12.C4H10/c1-7(2)6-8-4-3-5-9-8;1-6(2)5-7(9)8(3)4;1-7(2)5-4-6-8-3;1-6(2)5-7-3-4-7;1-6(2)4-5-7-3;1-5(2)6-3-4-6;3*1-5(2)4-6-3;2*1-4-5(2)3;1-4(2)3/h7-8H,3-6H2,1-2H3;6H,5H2,1-4H3;7H,4-6H2,1-2H3;6-7H,3-5H2,1-2H3;6H,4-5H2,1-3H3;5-6H,3-4H2,1-2H3;5H,4H2,1-2H3;2*5H,4H2,1-3H3;2*5H,4H2,1-3H3;4H,1-3H3. The summed E-state index contributed by atoms with van der Waals surface area (Å²) in [5.74, 6) is 13.1. The number of nitrogens with zero attached hydrogens (tertiary/aromatic N) is 3. The highest BCUT2D eigenvalue weighted by atomic mass is 32.2. The quantitative estimate of drug-likeness (QED) is 0.0898. The van der Waals surface area contributed by atoms with Crippen LogP contribution in [-0.4, -0.2) is 90.1 Å². The largest absolute Gasteiger partial charge is 0.385 e. The third-order valence-corrected chi connectivity index (χ3v) is 11.9. The van der Waals surface area contributed by atoms with Crippen LogP contribution in [0.2, 0.25) is 0 Å². The van der Waals surface area contributed by atoms with Crippen molar-refractivity contribution in [3.63, 3.8) is 0 Å². The monoisotopic (exact) mass is 1130 g/mol. The van der Waals surface area contributed by atoms with Crippen LogP contribution in [0, 0.1) is 96.0 Å². The van der Waals surface area contributed by atoms with E-state index in [-0.39, 0.29) is 5.91 Å². The van der Waals surface area contributed by atoms with Gasteiger partial charge in [-0.2, -0.15) is 11.8 Å². The van der Waals surface area contributed by atoms with E-state index in [1.807, 2.05) is 39.5 Å². The molecule has 1 saturated heterocycles. The third kappa shape index (κ3) is 141. The van der Waals surface area contributed by atoms with Crippen LogP contribution in [0.25, 0.3) is 9.69 Å². The molecule has 0 aromatic heterocycles. The second kappa shape index (κ2) is 73.7. The van der Waals surface area contributed by atoms with E-state index in [1.165, 1.54) is 82.8 Å². The van der Waals surface area contributed by atoms with Crippen molar-refractivity contribution in [2.45, 2.75) is 283 Å². The Kier molecular flexibility index (Phi) is 90.6. The van der Waals surface area contributed by atoms with Gasteiger partial charge < -0.3 is 28.8 Å². The lowest BCUT2D eigenvalue weighted by Gasteiger charge is -2.10. The van der Waals surface area contributed by atoms with Crippen molar-refractivity contribution in [1.82, 2.24) is 4.90 Å². The molecule has 0 N–H and O–H groups in total. The highest BCUT2D eigenvalue weighted by Gasteiger charge is 2.24. The summed E-state index contributed by atoms with van der Waals surface area (Å²) in [5, 5.41) is 0. The molecule has 0 radical (unpaired) electrons. The van der Waals surface area contributed by atoms with Crippen LogP contribution < -0.4 is 0 Å². The molecule has 0 spiro atoms. The van der Waals surface area contributed by atoms with E-state index in [0.29, 0.717) is 43.4 Å². The fraction of sp³-hybridized carbons (Fsp3) is 0.957. The number of carbonyl (C=O) groups excluding carboxylic acids is 1. The summed E-state index contributed by atoms with van der Waals surface area (Å²) in [6.07, 6.45) is 20.7. The van der Waals surface area contributed by atoms with Gasteiger partial charge in [-0.1, -0.05) is 213 Å². The Morgan fingerprint density at radius 3 is 1.15 bits per heavy atom. The molecule has 3 rings (SSSR count). The van der Waals surface area contributed by atoms with Gasteiger partial charge in [-0.05, 0) is 140 Å². The zero-order valence-electron chi connectivity index (χ0n) is 59.7. The van der Waals surface area contributed by atoms with Gasteiger partial charge in [0.2, 0.25) is 19.0 Å². The molecule has 1 atom stereocenters. The first kappa shape index (κ1) is 95.9. The zero-order valence-corrected chi connectivity index (χ0v) is 60.5. The van der Waals surface area contributed by atoms with E-state index in [1.54, 1.807) is 33.2 Å². The van der Waals surface area contributed by atoms with Crippen LogP contribution in [0.5, 0.6) is 0 Å². The predicted molar refractivity (Wildman–Crippen MR) is 360 cm³/mol. The van der Waals surface area contributed by atoms with Gasteiger partial charge in [0.15, 0.2) is 0 Å². The van der Waals surface area contributed by atoms with E-state index >= 15 is 0 Å². The van der Waals surface area contributed by atoms with E-state index in [2.05, 4.69) is 175 Å². The summed E-state index contributed by atoms with van der Waals surface area (Å²) in [6.45, 7) is 76.1.